The van der Waals surface area contributed by atoms with Crippen LogP contribution >= 0.6 is 0 Å². The van der Waals surface area contributed by atoms with Gasteiger partial charge in [0.25, 0.3) is 11.6 Å². The molecule has 0 aliphatic heterocycles. The van der Waals surface area contributed by atoms with E-state index in [4.69, 9.17) is 13.7 Å². The van der Waals surface area contributed by atoms with E-state index in [1.54, 1.807) is 19.1 Å². The zero-order valence-corrected chi connectivity index (χ0v) is 15.3. The van der Waals surface area contributed by atoms with Gasteiger partial charge in [-0.05, 0) is 31.5 Å². The van der Waals surface area contributed by atoms with Crippen LogP contribution < -0.4 is 10.6 Å². The summed E-state index contributed by atoms with van der Waals surface area (Å²) in [5.41, 5.74) is 1.06. The Morgan fingerprint density at radius 2 is 2.11 bits per heavy atom. The van der Waals surface area contributed by atoms with Gasteiger partial charge in [-0.15, -0.1) is 0 Å². The van der Waals surface area contributed by atoms with Crippen LogP contribution in [0.1, 0.15) is 29.4 Å². The number of imide groups is 1. The highest BCUT2D eigenvalue weighted by atomic mass is 16.5. The molecule has 10 heteroatoms. The SMILES string of the molecule is CCCNC(=O)NC(=O)COC(=O)c1cc(-c2ccco2)nc2onc(C)c12. The van der Waals surface area contributed by atoms with Crippen molar-refractivity contribution in [2.24, 2.45) is 0 Å². The number of rotatable bonds is 6. The second-order valence-corrected chi connectivity index (χ2v) is 5.86. The van der Waals surface area contributed by atoms with Crippen LogP contribution in [0.2, 0.25) is 0 Å². The molecule has 0 aliphatic rings. The van der Waals surface area contributed by atoms with E-state index in [0.29, 0.717) is 29.1 Å². The third kappa shape index (κ3) is 4.17. The zero-order valence-electron chi connectivity index (χ0n) is 15.3. The Morgan fingerprint density at radius 3 is 2.82 bits per heavy atom. The number of esters is 1. The molecule has 0 aliphatic carbocycles. The maximum Gasteiger partial charge on any atom is 0.339 e. The fourth-order valence-corrected chi connectivity index (χ4v) is 2.46. The molecule has 10 nitrogen and oxygen atoms in total. The highest BCUT2D eigenvalue weighted by molar-refractivity contribution is 6.05. The van der Waals surface area contributed by atoms with Crippen LogP contribution in [0, 0.1) is 6.92 Å². The number of ether oxygens (including phenoxy) is 1. The second kappa shape index (κ2) is 8.33. The quantitative estimate of drug-likeness (QED) is 0.615. The molecule has 0 fully saturated rings. The van der Waals surface area contributed by atoms with Gasteiger partial charge in [0.05, 0.1) is 22.9 Å². The number of aromatic nitrogens is 2. The van der Waals surface area contributed by atoms with Crippen molar-refractivity contribution in [2.45, 2.75) is 20.3 Å². The Balaban J connectivity index is 1.76. The normalized spacial score (nSPS) is 10.6. The number of aryl methyl sites for hydroxylation is 1. The van der Waals surface area contributed by atoms with E-state index in [2.05, 4.69) is 20.8 Å². The average Bonchev–Trinajstić information content (AvgIpc) is 3.34. The van der Waals surface area contributed by atoms with Gasteiger partial charge in [0.2, 0.25) is 0 Å². The first-order chi connectivity index (χ1) is 13.5. The van der Waals surface area contributed by atoms with E-state index in [1.807, 2.05) is 6.92 Å². The second-order valence-electron chi connectivity index (χ2n) is 5.86. The van der Waals surface area contributed by atoms with Crippen molar-refractivity contribution in [1.29, 1.82) is 0 Å². The first kappa shape index (κ1) is 19.1. The van der Waals surface area contributed by atoms with Crippen molar-refractivity contribution < 1.29 is 28.1 Å². The Bertz CT molecular complexity index is 1010. The lowest BCUT2D eigenvalue weighted by atomic mass is 10.1. The van der Waals surface area contributed by atoms with E-state index in [1.165, 1.54) is 12.3 Å². The molecule has 0 saturated carbocycles. The number of nitrogens with one attached hydrogen (secondary N) is 2. The Kier molecular flexibility index (Phi) is 5.68. The van der Waals surface area contributed by atoms with Crippen molar-refractivity contribution in [2.75, 3.05) is 13.2 Å². The summed E-state index contributed by atoms with van der Waals surface area (Å²) >= 11 is 0. The highest BCUT2D eigenvalue weighted by Crippen LogP contribution is 2.27. The van der Waals surface area contributed by atoms with Crippen molar-refractivity contribution in [3.05, 3.63) is 35.7 Å². The predicted molar refractivity (Wildman–Crippen MR) is 96.4 cm³/mol. The molecule has 0 unspecified atom stereocenters. The third-order valence-corrected chi connectivity index (χ3v) is 3.73. The number of pyridine rings is 1. The molecule has 3 aromatic rings. The number of amides is 3. The van der Waals surface area contributed by atoms with Crippen LogP contribution in [-0.2, 0) is 9.53 Å². The summed E-state index contributed by atoms with van der Waals surface area (Å²) in [4.78, 5) is 40.1. The van der Waals surface area contributed by atoms with Crippen LogP contribution in [0.3, 0.4) is 0 Å². The van der Waals surface area contributed by atoms with E-state index < -0.39 is 24.5 Å². The Labute approximate surface area is 159 Å². The van der Waals surface area contributed by atoms with Gasteiger partial charge < -0.3 is 19.0 Å². The lowest BCUT2D eigenvalue weighted by Crippen LogP contribution is -2.41. The number of nitrogens with zero attached hydrogens (tertiary/aromatic N) is 2. The number of carbonyl (C=O) groups excluding carboxylic acids is 3. The predicted octanol–water partition coefficient (Wildman–Crippen LogP) is 2.18. The summed E-state index contributed by atoms with van der Waals surface area (Å²) in [6.07, 6.45) is 2.20. The minimum absolute atomic E-state index is 0.124. The molecular weight excluding hydrogens is 368 g/mol. The monoisotopic (exact) mass is 386 g/mol. The first-order valence-electron chi connectivity index (χ1n) is 8.55. The molecule has 3 rings (SSSR count). The molecule has 3 amide bonds. The van der Waals surface area contributed by atoms with Gasteiger partial charge in [0.15, 0.2) is 12.4 Å². The van der Waals surface area contributed by atoms with E-state index in [0.717, 1.165) is 6.42 Å². The molecule has 0 spiro atoms. The number of hydrogen-bond donors (Lipinski definition) is 2. The molecule has 0 saturated heterocycles. The Hall–Kier alpha value is -3.69. The summed E-state index contributed by atoms with van der Waals surface area (Å²) in [7, 11) is 0. The smallest absolute Gasteiger partial charge is 0.339 e. The minimum Gasteiger partial charge on any atom is -0.463 e. The molecule has 2 N–H and O–H groups in total. The number of carbonyl (C=O) groups is 3. The van der Waals surface area contributed by atoms with Crippen LogP contribution in [0.15, 0.2) is 33.4 Å². The topological polar surface area (TPSA) is 137 Å². The maximum absolute atomic E-state index is 12.6. The van der Waals surface area contributed by atoms with Crippen LogP contribution in [-0.4, -0.2) is 41.2 Å². The van der Waals surface area contributed by atoms with E-state index >= 15 is 0 Å². The number of fused-ring (bicyclic) bond motifs is 1. The summed E-state index contributed by atoms with van der Waals surface area (Å²) < 4.78 is 15.5. The lowest BCUT2D eigenvalue weighted by molar-refractivity contribution is -0.123. The molecule has 0 radical (unpaired) electrons. The van der Waals surface area contributed by atoms with Gasteiger partial charge >= 0.3 is 12.0 Å². The van der Waals surface area contributed by atoms with Gasteiger partial charge in [-0.3, -0.25) is 10.1 Å². The molecular formula is C18H18N4O6. The Morgan fingerprint density at radius 1 is 1.29 bits per heavy atom. The largest absolute Gasteiger partial charge is 0.463 e. The third-order valence-electron chi connectivity index (χ3n) is 3.73. The summed E-state index contributed by atoms with van der Waals surface area (Å²) in [5.74, 6) is -1.11. The number of urea groups is 1. The van der Waals surface area contributed by atoms with Gasteiger partial charge in [-0.2, -0.15) is 0 Å². The molecule has 3 heterocycles. The maximum atomic E-state index is 12.6. The summed E-state index contributed by atoms with van der Waals surface area (Å²) in [6, 6.07) is 4.18. The van der Waals surface area contributed by atoms with Crippen molar-refractivity contribution in [1.82, 2.24) is 20.8 Å². The molecule has 146 valence electrons. The molecule has 0 bridgehead atoms. The number of furan rings is 1. The van der Waals surface area contributed by atoms with Crippen molar-refractivity contribution in [3.63, 3.8) is 0 Å². The number of hydrogen-bond acceptors (Lipinski definition) is 8. The highest BCUT2D eigenvalue weighted by Gasteiger charge is 2.22. The van der Waals surface area contributed by atoms with E-state index in [9.17, 15) is 14.4 Å². The standard InChI is InChI=1S/C18H18N4O6/c1-3-6-19-18(25)21-14(23)9-27-17(24)11-8-12(13-5-4-7-26-13)20-16-15(11)10(2)22-28-16/h4-5,7-8H,3,6,9H2,1-2H3,(H2,19,21,23,25). The molecule has 3 aromatic heterocycles. The summed E-state index contributed by atoms with van der Waals surface area (Å²) in [5, 5.41) is 8.75. The first-order valence-corrected chi connectivity index (χ1v) is 8.55. The zero-order chi connectivity index (χ0) is 20.1. The van der Waals surface area contributed by atoms with Crippen LogP contribution in [0.25, 0.3) is 22.6 Å². The van der Waals surface area contributed by atoms with Gasteiger partial charge in [0, 0.05) is 6.54 Å². The van der Waals surface area contributed by atoms with Gasteiger partial charge in [0.1, 0.15) is 5.69 Å². The van der Waals surface area contributed by atoms with Crippen LogP contribution in [0.4, 0.5) is 4.79 Å². The van der Waals surface area contributed by atoms with Crippen molar-refractivity contribution >= 4 is 29.0 Å². The van der Waals surface area contributed by atoms with Gasteiger partial charge in [-0.1, -0.05) is 12.1 Å². The lowest BCUT2D eigenvalue weighted by Gasteiger charge is -2.08. The average molecular weight is 386 g/mol. The molecule has 0 atom stereocenters. The molecule has 28 heavy (non-hydrogen) atoms. The fourth-order valence-electron chi connectivity index (χ4n) is 2.46. The van der Waals surface area contributed by atoms with Crippen LogP contribution in [0.5, 0.6) is 0 Å². The van der Waals surface area contributed by atoms with E-state index in [-0.39, 0.29) is 11.3 Å². The van der Waals surface area contributed by atoms with Gasteiger partial charge in [-0.25, -0.2) is 14.6 Å². The molecule has 0 aromatic carbocycles. The minimum atomic E-state index is -0.782. The summed E-state index contributed by atoms with van der Waals surface area (Å²) in [6.45, 7) is 3.34. The fraction of sp³-hybridized carbons (Fsp3) is 0.278. The van der Waals surface area contributed by atoms with Crippen molar-refractivity contribution in [3.8, 4) is 11.5 Å².